The number of hydrogen-bond donors (Lipinski definition) is 2. The van der Waals surface area contributed by atoms with Crippen molar-refractivity contribution < 1.29 is 0 Å². The van der Waals surface area contributed by atoms with Gasteiger partial charge < -0.3 is 9.88 Å². The summed E-state index contributed by atoms with van der Waals surface area (Å²) in [7, 11) is 0. The highest BCUT2D eigenvalue weighted by atomic mass is 15.3. The molecule has 0 bridgehead atoms. The van der Waals surface area contributed by atoms with Crippen LogP contribution in [0.2, 0.25) is 0 Å². The van der Waals surface area contributed by atoms with Crippen LogP contribution in [0.25, 0.3) is 55.2 Å². The molecule has 1 aliphatic rings. The largest absolute Gasteiger partial charge is 0.350 e. The summed E-state index contributed by atoms with van der Waals surface area (Å²) in [4.78, 5) is 15.2. The van der Waals surface area contributed by atoms with E-state index < -0.39 is 0 Å². The summed E-state index contributed by atoms with van der Waals surface area (Å²) in [6.45, 7) is 0. The maximum atomic E-state index is 5.10. The maximum Gasteiger partial charge on any atom is 0.234 e. The molecule has 2 unspecified atom stereocenters. The number of rotatable bonds is 5. The minimum atomic E-state index is -0.348. The van der Waals surface area contributed by atoms with E-state index in [9.17, 15) is 0 Å². The zero-order valence-corrected chi connectivity index (χ0v) is 27.0. The summed E-state index contributed by atoms with van der Waals surface area (Å²) in [5.41, 5.74) is 8.62. The van der Waals surface area contributed by atoms with Crippen molar-refractivity contribution in [2.24, 2.45) is 4.99 Å². The molecule has 0 aliphatic carbocycles. The molecule has 7 heteroatoms. The molecule has 7 nitrogen and oxygen atoms in total. The first-order valence-corrected chi connectivity index (χ1v) is 16.9. The van der Waals surface area contributed by atoms with Crippen LogP contribution in [-0.2, 0) is 0 Å². The molecule has 0 spiro atoms. The highest BCUT2D eigenvalue weighted by molar-refractivity contribution is 6.26. The lowest BCUT2D eigenvalue weighted by molar-refractivity contribution is 0.407. The molecule has 50 heavy (non-hydrogen) atoms. The Morgan fingerprint density at radius 1 is 0.500 bits per heavy atom. The van der Waals surface area contributed by atoms with Gasteiger partial charge in [-0.25, -0.2) is 15.0 Å². The number of fused-ring (bicyclic) bond motifs is 7. The average Bonchev–Trinajstić information content (AvgIpc) is 3.72. The molecule has 3 aromatic heterocycles. The lowest BCUT2D eigenvalue weighted by Crippen LogP contribution is -2.45. The smallest absolute Gasteiger partial charge is 0.234 e. The van der Waals surface area contributed by atoms with Gasteiger partial charge >= 0.3 is 0 Å². The molecule has 238 valence electrons. The summed E-state index contributed by atoms with van der Waals surface area (Å²) in [5, 5.41) is 12.0. The van der Waals surface area contributed by atoms with E-state index in [0.717, 1.165) is 55.7 Å². The zero-order chi connectivity index (χ0) is 33.0. The number of nitrogens with one attached hydrogen (secondary N) is 2. The Balaban J connectivity index is 1.15. The highest BCUT2D eigenvalue weighted by Gasteiger charge is 2.27. The average molecular weight is 646 g/mol. The van der Waals surface area contributed by atoms with E-state index in [1.54, 1.807) is 0 Å². The van der Waals surface area contributed by atoms with Gasteiger partial charge in [0.2, 0.25) is 5.95 Å². The van der Waals surface area contributed by atoms with Crippen LogP contribution in [0.5, 0.6) is 0 Å². The second-order valence-electron chi connectivity index (χ2n) is 12.6. The van der Waals surface area contributed by atoms with Crippen LogP contribution >= 0.6 is 0 Å². The van der Waals surface area contributed by atoms with Crippen LogP contribution < -0.4 is 10.6 Å². The van der Waals surface area contributed by atoms with Gasteiger partial charge in [-0.15, -0.1) is 0 Å². The Bertz CT molecular complexity index is 2700. The van der Waals surface area contributed by atoms with E-state index in [0.29, 0.717) is 5.95 Å². The molecule has 9 aromatic rings. The molecule has 0 saturated carbocycles. The molecule has 4 heterocycles. The van der Waals surface area contributed by atoms with Crippen molar-refractivity contribution in [3.8, 4) is 11.6 Å². The standard InChI is InChI=1S/C43H31N7/c1-4-14-28(15-5-1)40-46-41(29-16-6-2-7-17-29)48-42(47-40)30-26-44-43(45-27-30)50-35-22-12-10-20-32(35)33-24-25-37-38(39(33)50)34-21-11-13-23-36(34)49(37)31-18-8-3-9-19-31/h1-27,40,42,47H,(H,46,48). The Morgan fingerprint density at radius 2 is 1.12 bits per heavy atom. The number of amidine groups is 1. The summed E-state index contributed by atoms with van der Waals surface area (Å²) < 4.78 is 4.57. The van der Waals surface area contributed by atoms with Crippen molar-refractivity contribution in [2.75, 3.05) is 0 Å². The van der Waals surface area contributed by atoms with Crippen molar-refractivity contribution in [2.45, 2.75) is 12.3 Å². The highest BCUT2D eigenvalue weighted by Crippen LogP contribution is 2.41. The van der Waals surface area contributed by atoms with Gasteiger partial charge in [0.05, 0.1) is 22.1 Å². The Kier molecular flexibility index (Phi) is 6.57. The summed E-state index contributed by atoms with van der Waals surface area (Å²) in [5.74, 6) is 1.44. The number of hydrogen-bond acceptors (Lipinski definition) is 5. The minimum Gasteiger partial charge on any atom is -0.350 e. The van der Waals surface area contributed by atoms with Gasteiger partial charge in [-0.05, 0) is 35.9 Å². The molecule has 0 radical (unpaired) electrons. The van der Waals surface area contributed by atoms with Crippen LogP contribution in [0.3, 0.4) is 0 Å². The summed E-state index contributed by atoms with van der Waals surface area (Å²) >= 11 is 0. The molecule has 0 saturated heterocycles. The van der Waals surface area contributed by atoms with E-state index in [2.05, 4.69) is 147 Å². The van der Waals surface area contributed by atoms with E-state index in [-0.39, 0.29) is 12.3 Å². The monoisotopic (exact) mass is 645 g/mol. The maximum absolute atomic E-state index is 5.10. The molecule has 1 aliphatic heterocycles. The van der Waals surface area contributed by atoms with Crippen molar-refractivity contribution in [3.05, 3.63) is 181 Å². The van der Waals surface area contributed by atoms with Crippen molar-refractivity contribution in [1.29, 1.82) is 0 Å². The fourth-order valence-corrected chi connectivity index (χ4v) is 7.45. The van der Waals surface area contributed by atoms with Crippen molar-refractivity contribution in [3.63, 3.8) is 0 Å². The zero-order valence-electron chi connectivity index (χ0n) is 27.0. The van der Waals surface area contributed by atoms with Gasteiger partial charge in [0.1, 0.15) is 18.2 Å². The molecule has 2 N–H and O–H groups in total. The van der Waals surface area contributed by atoms with Crippen LogP contribution in [0, 0.1) is 0 Å². The normalized spacial score (nSPS) is 16.2. The van der Waals surface area contributed by atoms with Crippen LogP contribution in [0.15, 0.2) is 169 Å². The number of para-hydroxylation sites is 3. The predicted molar refractivity (Wildman–Crippen MR) is 202 cm³/mol. The molecule has 10 rings (SSSR count). The van der Waals surface area contributed by atoms with Gasteiger partial charge in [-0.2, -0.15) is 0 Å². The fourth-order valence-electron chi connectivity index (χ4n) is 7.45. The lowest BCUT2D eigenvalue weighted by atomic mass is 10.1. The van der Waals surface area contributed by atoms with E-state index in [1.807, 2.05) is 36.7 Å². The van der Waals surface area contributed by atoms with Crippen LogP contribution in [0.4, 0.5) is 0 Å². The van der Waals surface area contributed by atoms with Crippen LogP contribution in [0.1, 0.15) is 29.0 Å². The molecular formula is C43H31N7. The van der Waals surface area contributed by atoms with E-state index >= 15 is 0 Å². The van der Waals surface area contributed by atoms with Crippen molar-refractivity contribution >= 4 is 49.4 Å². The summed E-state index contributed by atoms with van der Waals surface area (Å²) in [6, 6.07) is 52.8. The van der Waals surface area contributed by atoms with E-state index in [1.165, 1.54) is 16.2 Å². The third-order valence-electron chi connectivity index (χ3n) is 9.70. The number of aliphatic imine (C=N–C) groups is 1. The van der Waals surface area contributed by atoms with Crippen molar-refractivity contribution in [1.82, 2.24) is 29.7 Å². The summed E-state index contributed by atoms with van der Waals surface area (Å²) in [6.07, 6.45) is 3.33. The first-order chi connectivity index (χ1) is 24.8. The molecule has 0 amide bonds. The Hall–Kier alpha value is -6.57. The predicted octanol–water partition coefficient (Wildman–Crippen LogP) is 9.01. The molecule has 0 fully saturated rings. The van der Waals surface area contributed by atoms with Gasteiger partial charge in [0.25, 0.3) is 0 Å². The molecular weight excluding hydrogens is 615 g/mol. The number of aromatic nitrogens is 4. The second-order valence-corrected chi connectivity index (χ2v) is 12.6. The third kappa shape index (κ3) is 4.52. The first-order valence-electron chi connectivity index (χ1n) is 16.9. The topological polar surface area (TPSA) is 72.1 Å². The van der Waals surface area contributed by atoms with Gasteiger partial charge in [0.15, 0.2) is 0 Å². The van der Waals surface area contributed by atoms with E-state index in [4.69, 9.17) is 15.0 Å². The molecule has 6 aromatic carbocycles. The van der Waals surface area contributed by atoms with Crippen LogP contribution in [-0.4, -0.2) is 24.9 Å². The third-order valence-corrected chi connectivity index (χ3v) is 9.70. The quantitative estimate of drug-likeness (QED) is 0.196. The minimum absolute atomic E-state index is 0.138. The SMILES string of the molecule is c1ccc(C2=NC(c3cnc(-n4c5ccccc5c5ccc6c(c7ccccc7n6-c6ccccc6)c54)nc3)NC(c3ccccc3)N2)cc1. The number of benzene rings is 6. The van der Waals surface area contributed by atoms with Gasteiger partial charge in [-0.1, -0.05) is 121 Å². The second kappa shape index (κ2) is 11.5. The van der Waals surface area contributed by atoms with Gasteiger partial charge in [0, 0.05) is 50.8 Å². The first kappa shape index (κ1) is 28.4. The lowest BCUT2D eigenvalue weighted by Gasteiger charge is -2.32. The molecule has 2 atom stereocenters. The fraction of sp³-hybridized carbons (Fsp3) is 0.0465. The van der Waals surface area contributed by atoms with Gasteiger partial charge in [-0.3, -0.25) is 9.88 Å². The Labute approximate surface area is 288 Å². The number of nitrogens with zero attached hydrogens (tertiary/aromatic N) is 5. The Morgan fingerprint density at radius 3 is 1.86 bits per heavy atom.